The van der Waals surface area contributed by atoms with E-state index in [1.807, 2.05) is 24.3 Å². The van der Waals surface area contributed by atoms with Gasteiger partial charge in [0.15, 0.2) is 11.2 Å². The van der Waals surface area contributed by atoms with E-state index in [-0.39, 0.29) is 17.9 Å². The molecule has 0 aliphatic carbocycles. The van der Waals surface area contributed by atoms with Crippen LogP contribution in [-0.4, -0.2) is 49.8 Å². The number of fused-ring (bicyclic) bond motifs is 1. The molecule has 9 heteroatoms. The standard InChI is InChI=1S/C18H21ClN6O2/c1-21-11-20-16-15(21)17(26)25(18(27)22(16)2)12-23-7-9-24(10-8-23)14-6-4-3-5-13(14)19/h3-6,11H,7-10,12H2,1-2H3. The highest BCUT2D eigenvalue weighted by Gasteiger charge is 2.21. The minimum absolute atomic E-state index is 0.267. The molecule has 3 aromatic rings. The van der Waals surface area contributed by atoms with E-state index in [9.17, 15) is 9.59 Å². The number of rotatable bonds is 3. The summed E-state index contributed by atoms with van der Waals surface area (Å²) in [5.41, 5.74) is 1.21. The summed E-state index contributed by atoms with van der Waals surface area (Å²) in [4.78, 5) is 34.0. The zero-order valence-electron chi connectivity index (χ0n) is 15.3. The van der Waals surface area contributed by atoms with Crippen LogP contribution in [0, 0.1) is 0 Å². The quantitative estimate of drug-likeness (QED) is 0.666. The van der Waals surface area contributed by atoms with Gasteiger partial charge in [-0.3, -0.25) is 14.3 Å². The molecule has 1 aliphatic rings. The molecule has 0 unspecified atom stereocenters. The van der Waals surface area contributed by atoms with Crippen molar-refractivity contribution in [2.75, 3.05) is 31.1 Å². The van der Waals surface area contributed by atoms with Crippen LogP contribution >= 0.6 is 11.6 Å². The Bertz CT molecular complexity index is 1110. The summed E-state index contributed by atoms with van der Waals surface area (Å²) in [6.45, 7) is 3.32. The predicted octanol–water partition coefficient (Wildman–Crippen LogP) is 0.867. The van der Waals surface area contributed by atoms with E-state index in [0.29, 0.717) is 11.2 Å². The lowest BCUT2D eigenvalue weighted by molar-refractivity contribution is 0.198. The average Bonchev–Trinajstić information content (AvgIpc) is 3.06. The summed E-state index contributed by atoms with van der Waals surface area (Å²) in [5, 5.41) is 0.734. The normalized spacial score (nSPS) is 15.6. The Labute approximate surface area is 160 Å². The molecule has 3 heterocycles. The topological polar surface area (TPSA) is 68.3 Å². The first-order chi connectivity index (χ1) is 13.0. The van der Waals surface area contributed by atoms with Gasteiger partial charge in [-0.1, -0.05) is 23.7 Å². The number of anilines is 1. The highest BCUT2D eigenvalue weighted by Crippen LogP contribution is 2.26. The number of hydrogen-bond donors (Lipinski definition) is 0. The SMILES string of the molecule is Cn1cnc2c1c(=O)n(CN1CCN(c3ccccc3Cl)CC1)c(=O)n2C. The monoisotopic (exact) mass is 388 g/mol. The van der Waals surface area contributed by atoms with Gasteiger partial charge in [0, 0.05) is 40.3 Å². The lowest BCUT2D eigenvalue weighted by Crippen LogP contribution is -2.50. The first-order valence-corrected chi connectivity index (χ1v) is 9.18. The fourth-order valence-corrected chi connectivity index (χ4v) is 3.81. The van der Waals surface area contributed by atoms with E-state index < -0.39 is 0 Å². The molecule has 8 nitrogen and oxygen atoms in total. The number of piperazine rings is 1. The molecule has 1 saturated heterocycles. The van der Waals surface area contributed by atoms with Crippen molar-refractivity contribution in [2.45, 2.75) is 6.67 Å². The van der Waals surface area contributed by atoms with Crippen molar-refractivity contribution in [1.29, 1.82) is 0 Å². The van der Waals surface area contributed by atoms with E-state index in [2.05, 4.69) is 14.8 Å². The van der Waals surface area contributed by atoms with Crippen LogP contribution < -0.4 is 16.1 Å². The minimum atomic E-state index is -0.347. The number of aryl methyl sites for hydroxylation is 2. The zero-order chi connectivity index (χ0) is 19.1. The van der Waals surface area contributed by atoms with Gasteiger partial charge in [0.25, 0.3) is 5.56 Å². The summed E-state index contributed by atoms with van der Waals surface area (Å²) in [6.07, 6.45) is 1.55. The first-order valence-electron chi connectivity index (χ1n) is 8.80. The van der Waals surface area contributed by atoms with Crippen molar-refractivity contribution in [3.8, 4) is 0 Å². The molecule has 0 saturated carbocycles. The van der Waals surface area contributed by atoms with Crippen molar-refractivity contribution in [3.63, 3.8) is 0 Å². The van der Waals surface area contributed by atoms with Crippen LogP contribution in [0.3, 0.4) is 0 Å². The summed E-state index contributed by atoms with van der Waals surface area (Å²) < 4.78 is 4.37. The van der Waals surface area contributed by atoms with Gasteiger partial charge in [0.1, 0.15) is 0 Å². The molecular formula is C18H21ClN6O2. The van der Waals surface area contributed by atoms with Gasteiger partial charge in [-0.05, 0) is 12.1 Å². The molecule has 0 N–H and O–H groups in total. The Hall–Kier alpha value is -2.58. The molecule has 1 fully saturated rings. The van der Waals surface area contributed by atoms with Crippen molar-refractivity contribution in [1.82, 2.24) is 23.6 Å². The van der Waals surface area contributed by atoms with Crippen molar-refractivity contribution < 1.29 is 0 Å². The van der Waals surface area contributed by atoms with Gasteiger partial charge in [-0.2, -0.15) is 0 Å². The first kappa shape index (κ1) is 17.8. The van der Waals surface area contributed by atoms with Crippen LogP contribution in [0.15, 0.2) is 40.2 Å². The molecular weight excluding hydrogens is 368 g/mol. The minimum Gasteiger partial charge on any atom is -0.368 e. The Kier molecular flexibility index (Phi) is 4.53. The predicted molar refractivity (Wildman–Crippen MR) is 105 cm³/mol. The highest BCUT2D eigenvalue weighted by molar-refractivity contribution is 6.33. The van der Waals surface area contributed by atoms with E-state index in [1.54, 1.807) is 25.0 Å². The second-order valence-corrected chi connectivity index (χ2v) is 7.21. The molecule has 1 aliphatic heterocycles. The molecule has 0 spiro atoms. The Morgan fingerprint density at radius 2 is 1.78 bits per heavy atom. The summed E-state index contributed by atoms with van der Waals surface area (Å²) >= 11 is 6.29. The molecule has 0 atom stereocenters. The number of nitrogens with zero attached hydrogens (tertiary/aromatic N) is 6. The van der Waals surface area contributed by atoms with Crippen LogP contribution in [0.2, 0.25) is 5.02 Å². The highest BCUT2D eigenvalue weighted by atomic mass is 35.5. The van der Waals surface area contributed by atoms with E-state index in [4.69, 9.17) is 11.6 Å². The molecule has 27 heavy (non-hydrogen) atoms. The Morgan fingerprint density at radius 3 is 2.48 bits per heavy atom. The van der Waals surface area contributed by atoms with Gasteiger partial charge in [0.05, 0.1) is 23.7 Å². The van der Waals surface area contributed by atoms with Crippen LogP contribution in [0.5, 0.6) is 0 Å². The van der Waals surface area contributed by atoms with E-state index in [1.165, 1.54) is 9.13 Å². The Morgan fingerprint density at radius 1 is 1.07 bits per heavy atom. The van der Waals surface area contributed by atoms with Gasteiger partial charge in [-0.15, -0.1) is 0 Å². The average molecular weight is 389 g/mol. The lowest BCUT2D eigenvalue weighted by Gasteiger charge is -2.36. The summed E-state index contributed by atoms with van der Waals surface area (Å²) in [6, 6.07) is 7.78. The van der Waals surface area contributed by atoms with Crippen LogP contribution in [0.1, 0.15) is 0 Å². The number of imidazole rings is 1. The molecule has 0 amide bonds. The lowest BCUT2D eigenvalue weighted by atomic mass is 10.2. The van der Waals surface area contributed by atoms with Crippen LogP contribution in [0.25, 0.3) is 11.2 Å². The maximum atomic E-state index is 12.8. The third kappa shape index (κ3) is 3.04. The second-order valence-electron chi connectivity index (χ2n) is 6.80. The summed E-state index contributed by atoms with van der Waals surface area (Å²) in [7, 11) is 3.40. The third-order valence-corrected chi connectivity index (χ3v) is 5.43. The molecule has 0 bridgehead atoms. The zero-order valence-corrected chi connectivity index (χ0v) is 16.1. The maximum absolute atomic E-state index is 12.8. The van der Waals surface area contributed by atoms with Crippen LogP contribution in [-0.2, 0) is 20.8 Å². The molecule has 142 valence electrons. The number of halogens is 1. The van der Waals surface area contributed by atoms with Crippen molar-refractivity contribution in [2.24, 2.45) is 14.1 Å². The number of aromatic nitrogens is 4. The fraction of sp³-hybridized carbons (Fsp3) is 0.389. The number of benzene rings is 1. The number of para-hydroxylation sites is 1. The fourth-order valence-electron chi connectivity index (χ4n) is 3.56. The molecule has 2 aromatic heterocycles. The van der Waals surface area contributed by atoms with Gasteiger partial charge in [0.2, 0.25) is 0 Å². The van der Waals surface area contributed by atoms with Crippen molar-refractivity contribution in [3.05, 3.63) is 56.5 Å². The summed E-state index contributed by atoms with van der Waals surface area (Å²) in [5.74, 6) is 0. The maximum Gasteiger partial charge on any atom is 0.333 e. The second kappa shape index (κ2) is 6.86. The molecule has 1 aromatic carbocycles. The van der Waals surface area contributed by atoms with Crippen molar-refractivity contribution >= 4 is 28.5 Å². The number of hydrogen-bond acceptors (Lipinski definition) is 5. The van der Waals surface area contributed by atoms with E-state index in [0.717, 1.165) is 36.9 Å². The third-order valence-electron chi connectivity index (χ3n) is 5.11. The largest absolute Gasteiger partial charge is 0.368 e. The van der Waals surface area contributed by atoms with Crippen LogP contribution in [0.4, 0.5) is 5.69 Å². The smallest absolute Gasteiger partial charge is 0.333 e. The Balaban J connectivity index is 1.56. The van der Waals surface area contributed by atoms with Gasteiger partial charge >= 0.3 is 5.69 Å². The van der Waals surface area contributed by atoms with E-state index >= 15 is 0 Å². The molecule has 4 rings (SSSR count). The van der Waals surface area contributed by atoms with Gasteiger partial charge in [-0.25, -0.2) is 14.3 Å². The van der Waals surface area contributed by atoms with Gasteiger partial charge < -0.3 is 9.47 Å². The molecule has 0 radical (unpaired) electrons.